The van der Waals surface area contributed by atoms with Crippen molar-refractivity contribution in [2.24, 2.45) is 5.73 Å². The van der Waals surface area contributed by atoms with Gasteiger partial charge in [-0.15, -0.1) is 0 Å². The molecule has 17 heavy (non-hydrogen) atoms. The quantitative estimate of drug-likeness (QED) is 0.870. The Balaban J connectivity index is 1.93. The third-order valence-corrected chi connectivity index (χ3v) is 4.04. The van der Waals surface area contributed by atoms with Gasteiger partial charge in [-0.2, -0.15) is 0 Å². The fourth-order valence-corrected chi connectivity index (χ4v) is 3.00. The predicted octanol–water partition coefficient (Wildman–Crippen LogP) is 2.45. The molecule has 0 radical (unpaired) electrons. The van der Waals surface area contributed by atoms with Gasteiger partial charge in [-0.25, -0.2) is 4.39 Å². The van der Waals surface area contributed by atoms with Gasteiger partial charge in [0.2, 0.25) is 0 Å². The second kappa shape index (κ2) is 4.07. The zero-order chi connectivity index (χ0) is 11.9. The van der Waals surface area contributed by atoms with Crippen LogP contribution in [0.5, 0.6) is 0 Å². The maximum atomic E-state index is 13.4. The molecule has 1 heterocycles. The van der Waals surface area contributed by atoms with E-state index in [0.717, 1.165) is 31.5 Å². The van der Waals surface area contributed by atoms with Crippen LogP contribution >= 0.6 is 0 Å². The maximum Gasteiger partial charge on any atom is 0.123 e. The summed E-state index contributed by atoms with van der Waals surface area (Å²) in [7, 11) is 0. The van der Waals surface area contributed by atoms with Crippen LogP contribution in [0.4, 0.5) is 4.39 Å². The Morgan fingerprint density at radius 1 is 1.24 bits per heavy atom. The average molecular weight is 234 g/mol. The van der Waals surface area contributed by atoms with Gasteiger partial charge >= 0.3 is 0 Å². The topological polar surface area (TPSA) is 29.3 Å². The molecular weight excluding hydrogens is 215 g/mol. The minimum Gasteiger partial charge on any atom is -0.323 e. The van der Waals surface area contributed by atoms with Gasteiger partial charge in [0.1, 0.15) is 5.82 Å². The van der Waals surface area contributed by atoms with Crippen molar-refractivity contribution in [3.8, 4) is 0 Å². The van der Waals surface area contributed by atoms with Crippen molar-refractivity contribution in [1.29, 1.82) is 0 Å². The largest absolute Gasteiger partial charge is 0.323 e. The Morgan fingerprint density at radius 2 is 1.94 bits per heavy atom. The smallest absolute Gasteiger partial charge is 0.123 e. The summed E-state index contributed by atoms with van der Waals surface area (Å²) in [4.78, 5) is 2.43. The number of hydrogen-bond acceptors (Lipinski definition) is 2. The minimum absolute atomic E-state index is 0.113. The summed E-state index contributed by atoms with van der Waals surface area (Å²) >= 11 is 0. The molecule has 1 saturated heterocycles. The molecule has 1 aromatic rings. The minimum atomic E-state index is -0.157. The lowest BCUT2D eigenvalue weighted by molar-refractivity contribution is 0.202. The van der Waals surface area contributed by atoms with E-state index in [4.69, 9.17) is 5.73 Å². The van der Waals surface area contributed by atoms with Gasteiger partial charge in [-0.05, 0) is 56.5 Å². The van der Waals surface area contributed by atoms with Crippen molar-refractivity contribution in [3.05, 3.63) is 35.6 Å². The number of benzene rings is 1. The molecule has 0 amide bonds. The summed E-state index contributed by atoms with van der Waals surface area (Å²) in [5.41, 5.74) is 7.32. The fraction of sp³-hybridized carbons (Fsp3) is 0.571. The number of rotatable bonds is 3. The Hall–Kier alpha value is -0.930. The first-order chi connectivity index (χ1) is 8.19. The van der Waals surface area contributed by atoms with E-state index in [1.807, 2.05) is 6.07 Å². The highest BCUT2D eigenvalue weighted by Crippen LogP contribution is 2.47. The van der Waals surface area contributed by atoms with Crippen molar-refractivity contribution >= 4 is 0 Å². The lowest BCUT2D eigenvalue weighted by atomic mass is 9.96. The third kappa shape index (κ3) is 2.09. The summed E-state index contributed by atoms with van der Waals surface area (Å²) in [6, 6.07) is 7.16. The molecular formula is C14H19FN2. The first-order valence-electron chi connectivity index (χ1n) is 6.47. The number of halogens is 1. The lowest BCUT2D eigenvalue weighted by Gasteiger charge is -2.33. The molecule has 1 unspecified atom stereocenters. The molecule has 3 heteroatoms. The Labute approximate surface area is 102 Å². The zero-order valence-electron chi connectivity index (χ0n) is 10.0. The van der Waals surface area contributed by atoms with Crippen LogP contribution in [0, 0.1) is 5.82 Å². The van der Waals surface area contributed by atoms with E-state index in [1.54, 1.807) is 12.1 Å². The molecule has 2 aliphatic rings. The van der Waals surface area contributed by atoms with Crippen molar-refractivity contribution in [3.63, 3.8) is 0 Å². The van der Waals surface area contributed by atoms with Crippen LogP contribution in [-0.2, 0) is 0 Å². The van der Waals surface area contributed by atoms with Gasteiger partial charge < -0.3 is 5.73 Å². The molecule has 0 spiro atoms. The summed E-state index contributed by atoms with van der Waals surface area (Å²) in [5.74, 6) is -0.157. The monoisotopic (exact) mass is 234 g/mol. The van der Waals surface area contributed by atoms with Crippen LogP contribution in [0.3, 0.4) is 0 Å². The third-order valence-electron chi connectivity index (χ3n) is 4.04. The number of nitrogens with zero attached hydrogens (tertiary/aromatic N) is 1. The van der Waals surface area contributed by atoms with Gasteiger partial charge in [0.25, 0.3) is 0 Å². The Kier molecular flexibility index (Phi) is 2.68. The number of hydrogen-bond donors (Lipinski definition) is 1. The first-order valence-corrected chi connectivity index (χ1v) is 6.47. The molecule has 0 aromatic heterocycles. The normalized spacial score (nSPS) is 24.8. The lowest BCUT2D eigenvalue weighted by Crippen LogP contribution is -2.41. The van der Waals surface area contributed by atoms with E-state index in [9.17, 15) is 4.39 Å². The van der Waals surface area contributed by atoms with E-state index in [2.05, 4.69) is 4.90 Å². The zero-order valence-corrected chi connectivity index (χ0v) is 10.0. The van der Waals surface area contributed by atoms with E-state index >= 15 is 0 Å². The highest BCUT2D eigenvalue weighted by molar-refractivity contribution is 5.27. The molecule has 0 bridgehead atoms. The SMILES string of the molecule is NC1(C(c2cccc(F)c2)N2CCCC2)CC1. The van der Waals surface area contributed by atoms with Gasteiger partial charge in [-0.3, -0.25) is 4.90 Å². The highest BCUT2D eigenvalue weighted by Gasteiger charge is 2.49. The molecule has 1 atom stereocenters. The summed E-state index contributed by atoms with van der Waals surface area (Å²) in [5, 5.41) is 0. The summed E-state index contributed by atoms with van der Waals surface area (Å²) in [6.45, 7) is 2.19. The van der Waals surface area contributed by atoms with Crippen LogP contribution in [0.25, 0.3) is 0 Å². The molecule has 2 fully saturated rings. The van der Waals surface area contributed by atoms with Crippen LogP contribution in [-0.4, -0.2) is 23.5 Å². The second-order valence-electron chi connectivity index (χ2n) is 5.43. The predicted molar refractivity (Wildman–Crippen MR) is 66.1 cm³/mol. The van der Waals surface area contributed by atoms with Crippen molar-refractivity contribution in [2.45, 2.75) is 37.3 Å². The number of likely N-dealkylation sites (tertiary alicyclic amines) is 1. The maximum absolute atomic E-state index is 13.4. The molecule has 1 aliphatic heterocycles. The first kappa shape index (κ1) is 11.2. The van der Waals surface area contributed by atoms with Gasteiger partial charge in [-0.1, -0.05) is 12.1 Å². The van der Waals surface area contributed by atoms with Gasteiger partial charge in [0.05, 0.1) is 6.04 Å². The average Bonchev–Trinajstić information content (AvgIpc) is 2.82. The Bertz CT molecular complexity index is 408. The molecule has 1 saturated carbocycles. The van der Waals surface area contributed by atoms with Crippen LogP contribution in [0.15, 0.2) is 24.3 Å². The summed E-state index contributed by atoms with van der Waals surface area (Å²) in [6.07, 6.45) is 4.60. The van der Waals surface area contributed by atoms with E-state index < -0.39 is 0 Å². The molecule has 1 aromatic carbocycles. The van der Waals surface area contributed by atoms with Crippen LogP contribution in [0.1, 0.15) is 37.3 Å². The molecule has 2 nitrogen and oxygen atoms in total. The second-order valence-corrected chi connectivity index (χ2v) is 5.43. The van der Waals surface area contributed by atoms with Crippen LogP contribution in [0.2, 0.25) is 0 Å². The fourth-order valence-electron chi connectivity index (χ4n) is 3.00. The Morgan fingerprint density at radius 3 is 2.53 bits per heavy atom. The van der Waals surface area contributed by atoms with Crippen LogP contribution < -0.4 is 5.73 Å². The van der Waals surface area contributed by atoms with E-state index in [1.165, 1.54) is 18.9 Å². The standard InChI is InChI=1S/C14H19FN2/c15-12-5-3-4-11(10-12)13(14(16)6-7-14)17-8-1-2-9-17/h3-5,10,13H,1-2,6-9,16H2. The highest BCUT2D eigenvalue weighted by atomic mass is 19.1. The van der Waals surface area contributed by atoms with E-state index in [-0.39, 0.29) is 17.4 Å². The molecule has 2 N–H and O–H groups in total. The van der Waals surface area contributed by atoms with E-state index in [0.29, 0.717) is 0 Å². The summed E-state index contributed by atoms with van der Waals surface area (Å²) < 4.78 is 13.4. The number of nitrogens with two attached hydrogens (primary N) is 1. The van der Waals surface area contributed by atoms with Crippen molar-refractivity contribution in [1.82, 2.24) is 4.90 Å². The van der Waals surface area contributed by atoms with Crippen molar-refractivity contribution < 1.29 is 4.39 Å². The molecule has 3 rings (SSSR count). The molecule has 92 valence electrons. The molecule has 1 aliphatic carbocycles. The van der Waals surface area contributed by atoms with Gasteiger partial charge in [0.15, 0.2) is 0 Å². The van der Waals surface area contributed by atoms with Crippen molar-refractivity contribution in [2.75, 3.05) is 13.1 Å². The van der Waals surface area contributed by atoms with Gasteiger partial charge in [0, 0.05) is 5.54 Å².